The molecular weight excluding hydrogens is 322 g/mol. The van der Waals surface area contributed by atoms with Gasteiger partial charge in [-0.25, -0.2) is 4.79 Å². The van der Waals surface area contributed by atoms with E-state index in [9.17, 15) is 14.4 Å². The lowest BCUT2D eigenvalue weighted by Crippen LogP contribution is -2.63. The van der Waals surface area contributed by atoms with Crippen LogP contribution in [0.5, 0.6) is 5.75 Å². The van der Waals surface area contributed by atoms with Crippen LogP contribution in [0.3, 0.4) is 0 Å². The van der Waals surface area contributed by atoms with Crippen molar-refractivity contribution in [3.63, 3.8) is 0 Å². The summed E-state index contributed by atoms with van der Waals surface area (Å²) in [5.41, 5.74) is 0. The van der Waals surface area contributed by atoms with E-state index in [0.717, 1.165) is 10.8 Å². The van der Waals surface area contributed by atoms with Crippen molar-refractivity contribution in [1.82, 2.24) is 15.1 Å². The number of likely N-dealkylation sites (tertiary alicyclic amines) is 1. The molecule has 2 fully saturated rings. The summed E-state index contributed by atoms with van der Waals surface area (Å²) in [6.45, 7) is 0.692. The molecule has 0 aromatic heterocycles. The summed E-state index contributed by atoms with van der Waals surface area (Å²) in [6.07, 6.45) is 0. The van der Waals surface area contributed by atoms with Crippen LogP contribution in [-0.4, -0.2) is 59.9 Å². The fourth-order valence-corrected chi connectivity index (χ4v) is 3.12. The summed E-state index contributed by atoms with van der Waals surface area (Å²) in [5.74, 6) is 0.240. The zero-order valence-corrected chi connectivity index (χ0v) is 13.5. The number of urea groups is 1. The Hall–Kier alpha value is -3.09. The molecule has 4 rings (SSSR count). The van der Waals surface area contributed by atoms with Gasteiger partial charge in [0, 0.05) is 13.1 Å². The molecule has 2 heterocycles. The molecule has 0 spiro atoms. The number of fused-ring (bicyclic) bond motifs is 1. The number of nitrogens with one attached hydrogen (secondary N) is 1. The summed E-state index contributed by atoms with van der Waals surface area (Å²) in [4.78, 5) is 38.2. The molecule has 0 unspecified atom stereocenters. The summed E-state index contributed by atoms with van der Waals surface area (Å²) in [7, 11) is 0. The molecular formula is C18H17N3O4. The Kier molecular flexibility index (Phi) is 3.76. The maximum absolute atomic E-state index is 12.2. The van der Waals surface area contributed by atoms with E-state index in [4.69, 9.17) is 4.74 Å². The third-order valence-corrected chi connectivity index (χ3v) is 4.54. The number of rotatable bonds is 4. The van der Waals surface area contributed by atoms with Gasteiger partial charge in [-0.3, -0.25) is 14.5 Å². The minimum atomic E-state index is -0.380. The average Bonchev–Trinajstić information content (AvgIpc) is 2.91. The summed E-state index contributed by atoms with van der Waals surface area (Å²) in [5, 5.41) is 4.65. The average molecular weight is 339 g/mol. The lowest BCUT2D eigenvalue weighted by molar-refractivity contribution is -0.143. The van der Waals surface area contributed by atoms with E-state index in [1.165, 1.54) is 4.90 Å². The maximum atomic E-state index is 12.2. The van der Waals surface area contributed by atoms with Crippen LogP contribution in [0.2, 0.25) is 0 Å². The number of hydrogen-bond acceptors (Lipinski definition) is 4. The minimum Gasteiger partial charge on any atom is -0.484 e. The second kappa shape index (κ2) is 6.08. The molecule has 2 aliphatic heterocycles. The standard InChI is InChI=1S/C18H17N3O4/c22-16-8-19-18(24)21(16)14-9-20(10-14)17(23)11-25-15-6-5-12-3-1-2-4-13(12)7-15/h1-7,14H,8-11H2,(H,19,24). The zero-order chi connectivity index (χ0) is 17.4. The van der Waals surface area contributed by atoms with E-state index in [-0.39, 0.29) is 37.0 Å². The van der Waals surface area contributed by atoms with Crippen molar-refractivity contribution in [2.24, 2.45) is 0 Å². The molecule has 128 valence electrons. The molecule has 0 bridgehead atoms. The topological polar surface area (TPSA) is 79.0 Å². The normalized spacial score (nSPS) is 17.6. The highest BCUT2D eigenvalue weighted by Crippen LogP contribution is 2.21. The van der Waals surface area contributed by atoms with Crippen molar-refractivity contribution in [1.29, 1.82) is 0 Å². The maximum Gasteiger partial charge on any atom is 0.324 e. The van der Waals surface area contributed by atoms with Crippen molar-refractivity contribution in [3.8, 4) is 5.75 Å². The first-order valence-electron chi connectivity index (χ1n) is 8.11. The summed E-state index contributed by atoms with van der Waals surface area (Å²) < 4.78 is 5.58. The van der Waals surface area contributed by atoms with Crippen LogP contribution in [0.1, 0.15) is 0 Å². The quantitative estimate of drug-likeness (QED) is 0.842. The van der Waals surface area contributed by atoms with Crippen LogP contribution in [0.4, 0.5) is 4.79 Å². The van der Waals surface area contributed by atoms with Gasteiger partial charge in [0.2, 0.25) is 5.91 Å². The lowest BCUT2D eigenvalue weighted by Gasteiger charge is -2.42. The van der Waals surface area contributed by atoms with E-state index in [2.05, 4.69) is 5.32 Å². The molecule has 25 heavy (non-hydrogen) atoms. The molecule has 7 heteroatoms. The molecule has 0 radical (unpaired) electrons. The second-order valence-electron chi connectivity index (χ2n) is 6.17. The molecule has 7 nitrogen and oxygen atoms in total. The zero-order valence-electron chi connectivity index (χ0n) is 13.5. The number of benzene rings is 2. The van der Waals surface area contributed by atoms with Gasteiger partial charge in [0.25, 0.3) is 5.91 Å². The van der Waals surface area contributed by atoms with Crippen molar-refractivity contribution in [2.45, 2.75) is 6.04 Å². The van der Waals surface area contributed by atoms with Gasteiger partial charge in [0.15, 0.2) is 6.61 Å². The third kappa shape index (κ3) is 2.88. The van der Waals surface area contributed by atoms with Gasteiger partial charge >= 0.3 is 6.03 Å². The Labute approximate surface area is 144 Å². The van der Waals surface area contributed by atoms with Crippen LogP contribution < -0.4 is 10.1 Å². The van der Waals surface area contributed by atoms with Crippen molar-refractivity contribution >= 4 is 28.6 Å². The number of imide groups is 1. The van der Waals surface area contributed by atoms with E-state index < -0.39 is 0 Å². The van der Waals surface area contributed by atoms with Gasteiger partial charge in [-0.05, 0) is 22.9 Å². The lowest BCUT2D eigenvalue weighted by atomic mass is 10.1. The van der Waals surface area contributed by atoms with Crippen LogP contribution in [-0.2, 0) is 9.59 Å². The van der Waals surface area contributed by atoms with Crippen molar-refractivity contribution in [2.75, 3.05) is 26.2 Å². The monoisotopic (exact) mass is 339 g/mol. The Morgan fingerprint density at radius 1 is 1.12 bits per heavy atom. The van der Waals surface area contributed by atoms with Crippen LogP contribution in [0.25, 0.3) is 10.8 Å². The van der Waals surface area contributed by atoms with Gasteiger partial charge < -0.3 is 15.0 Å². The number of carbonyl (C=O) groups is 3. The molecule has 1 N–H and O–H groups in total. The number of amides is 4. The second-order valence-corrected chi connectivity index (χ2v) is 6.17. The van der Waals surface area contributed by atoms with Crippen molar-refractivity contribution in [3.05, 3.63) is 42.5 Å². The van der Waals surface area contributed by atoms with E-state index >= 15 is 0 Å². The Morgan fingerprint density at radius 2 is 1.88 bits per heavy atom. The molecule has 2 aromatic carbocycles. The van der Waals surface area contributed by atoms with E-state index in [1.54, 1.807) is 4.90 Å². The van der Waals surface area contributed by atoms with Crippen molar-refractivity contribution < 1.29 is 19.1 Å². The Bertz CT molecular complexity index is 844. The van der Waals surface area contributed by atoms with Gasteiger partial charge in [0.05, 0.1) is 12.6 Å². The van der Waals surface area contributed by atoms with Gasteiger partial charge in [-0.15, -0.1) is 0 Å². The van der Waals surface area contributed by atoms with Gasteiger partial charge in [0.1, 0.15) is 5.75 Å². The molecule has 0 saturated carbocycles. The first-order valence-corrected chi connectivity index (χ1v) is 8.11. The Morgan fingerprint density at radius 3 is 2.60 bits per heavy atom. The van der Waals surface area contributed by atoms with Crippen LogP contribution in [0, 0.1) is 0 Å². The van der Waals surface area contributed by atoms with Crippen LogP contribution >= 0.6 is 0 Å². The van der Waals surface area contributed by atoms with Gasteiger partial charge in [-0.1, -0.05) is 30.3 Å². The molecule has 0 aliphatic carbocycles. The molecule has 2 aliphatic rings. The van der Waals surface area contributed by atoms with E-state index in [0.29, 0.717) is 18.8 Å². The number of nitrogens with zero attached hydrogens (tertiary/aromatic N) is 2. The highest BCUT2D eigenvalue weighted by molar-refractivity contribution is 6.02. The fourth-order valence-electron chi connectivity index (χ4n) is 3.12. The largest absolute Gasteiger partial charge is 0.484 e. The highest BCUT2D eigenvalue weighted by Gasteiger charge is 2.42. The number of carbonyl (C=O) groups excluding carboxylic acids is 3. The predicted molar refractivity (Wildman–Crippen MR) is 90.1 cm³/mol. The number of ether oxygens (including phenoxy) is 1. The number of hydrogen-bond donors (Lipinski definition) is 1. The molecule has 0 atom stereocenters. The molecule has 2 aromatic rings. The summed E-state index contributed by atoms with van der Waals surface area (Å²) >= 11 is 0. The predicted octanol–water partition coefficient (Wildman–Crippen LogP) is 0.981. The Balaban J connectivity index is 1.31. The minimum absolute atomic E-state index is 0.0361. The highest BCUT2D eigenvalue weighted by atomic mass is 16.5. The molecule has 2 saturated heterocycles. The SMILES string of the molecule is O=C(COc1ccc2ccccc2c1)N1CC(N2C(=O)CNC2=O)C1. The van der Waals surface area contributed by atoms with E-state index in [1.807, 2.05) is 42.5 Å². The first kappa shape index (κ1) is 15.4. The fraction of sp³-hybridized carbons (Fsp3) is 0.278. The van der Waals surface area contributed by atoms with Crippen LogP contribution in [0.15, 0.2) is 42.5 Å². The van der Waals surface area contributed by atoms with Gasteiger partial charge in [-0.2, -0.15) is 0 Å². The molecule has 4 amide bonds. The third-order valence-electron chi connectivity index (χ3n) is 4.54. The summed E-state index contributed by atoms with van der Waals surface area (Å²) in [6, 6.07) is 13.0. The smallest absolute Gasteiger partial charge is 0.324 e. The first-order chi connectivity index (χ1) is 12.1.